The first-order valence-electron chi connectivity index (χ1n) is 6.66. The summed E-state index contributed by atoms with van der Waals surface area (Å²) in [5.41, 5.74) is 0.904. The maximum absolute atomic E-state index is 11.9. The maximum Gasteiger partial charge on any atom is 0.408 e. The van der Waals surface area contributed by atoms with E-state index < -0.39 is 12.1 Å². The molecule has 1 aromatic carbocycles. The van der Waals surface area contributed by atoms with Crippen molar-refractivity contribution in [1.82, 2.24) is 5.32 Å². The Morgan fingerprint density at radius 3 is 2.55 bits per heavy atom. The normalized spacial score (nSPS) is 13.1. The molecule has 0 aliphatic heterocycles. The Bertz CT molecular complexity index is 456. The lowest BCUT2D eigenvalue weighted by molar-refractivity contribution is -0.123. The van der Waals surface area contributed by atoms with Crippen molar-refractivity contribution in [3.63, 3.8) is 0 Å². The molecule has 2 unspecified atom stereocenters. The van der Waals surface area contributed by atoms with Crippen LogP contribution in [0, 0.1) is 5.92 Å². The minimum Gasteiger partial charge on any atom is -0.445 e. The monoisotopic (exact) mass is 275 g/mol. The second-order valence-electron chi connectivity index (χ2n) is 4.76. The summed E-state index contributed by atoms with van der Waals surface area (Å²) >= 11 is 0. The molecule has 4 nitrogen and oxygen atoms in total. The summed E-state index contributed by atoms with van der Waals surface area (Å²) in [5.74, 6) is -0.182. The van der Waals surface area contributed by atoms with Crippen molar-refractivity contribution in [1.29, 1.82) is 0 Å². The summed E-state index contributed by atoms with van der Waals surface area (Å²) in [7, 11) is 0. The van der Waals surface area contributed by atoms with Crippen LogP contribution in [0.2, 0.25) is 0 Å². The van der Waals surface area contributed by atoms with Gasteiger partial charge in [0.25, 0.3) is 0 Å². The summed E-state index contributed by atoms with van der Waals surface area (Å²) < 4.78 is 5.07. The van der Waals surface area contributed by atoms with Crippen molar-refractivity contribution >= 4 is 11.9 Å². The second-order valence-corrected chi connectivity index (χ2v) is 4.76. The molecule has 1 aromatic rings. The highest BCUT2D eigenvalue weighted by Crippen LogP contribution is 2.07. The van der Waals surface area contributed by atoms with Crippen molar-refractivity contribution in [3.05, 3.63) is 48.6 Å². The van der Waals surface area contributed by atoms with Crippen LogP contribution in [0.3, 0.4) is 0 Å². The van der Waals surface area contributed by atoms with Crippen LogP contribution in [-0.4, -0.2) is 17.9 Å². The SMILES string of the molecule is C=CCC(C)C(=O)C(C)NC(=O)OCc1ccccc1. The Balaban J connectivity index is 2.38. The highest BCUT2D eigenvalue weighted by molar-refractivity contribution is 5.88. The third-order valence-electron chi connectivity index (χ3n) is 2.98. The fraction of sp³-hybridized carbons (Fsp3) is 0.375. The summed E-state index contributed by atoms with van der Waals surface area (Å²) in [5, 5.41) is 2.54. The summed E-state index contributed by atoms with van der Waals surface area (Å²) in [6, 6.07) is 8.82. The summed E-state index contributed by atoms with van der Waals surface area (Å²) in [6.07, 6.45) is 1.72. The number of benzene rings is 1. The molecule has 1 N–H and O–H groups in total. The Kier molecular flexibility index (Phi) is 6.50. The third-order valence-corrected chi connectivity index (χ3v) is 2.98. The van der Waals surface area contributed by atoms with E-state index in [1.54, 1.807) is 13.0 Å². The van der Waals surface area contributed by atoms with E-state index in [9.17, 15) is 9.59 Å². The first-order valence-corrected chi connectivity index (χ1v) is 6.66. The highest BCUT2D eigenvalue weighted by Gasteiger charge is 2.21. The molecule has 0 spiro atoms. The van der Waals surface area contributed by atoms with Crippen LogP contribution in [0.1, 0.15) is 25.8 Å². The molecule has 0 radical (unpaired) electrons. The van der Waals surface area contributed by atoms with Crippen LogP contribution in [0.5, 0.6) is 0 Å². The van der Waals surface area contributed by atoms with Gasteiger partial charge < -0.3 is 10.1 Å². The molecule has 0 aliphatic rings. The molecule has 1 rings (SSSR count). The van der Waals surface area contributed by atoms with Crippen molar-refractivity contribution in [2.24, 2.45) is 5.92 Å². The van der Waals surface area contributed by atoms with E-state index in [2.05, 4.69) is 11.9 Å². The van der Waals surface area contributed by atoms with E-state index in [0.29, 0.717) is 6.42 Å². The van der Waals surface area contributed by atoms with Crippen LogP contribution >= 0.6 is 0 Å². The van der Waals surface area contributed by atoms with Gasteiger partial charge in [0.15, 0.2) is 5.78 Å². The van der Waals surface area contributed by atoms with E-state index in [1.807, 2.05) is 37.3 Å². The number of alkyl carbamates (subject to hydrolysis) is 1. The van der Waals surface area contributed by atoms with Gasteiger partial charge in [-0.2, -0.15) is 0 Å². The zero-order valence-electron chi connectivity index (χ0n) is 12.0. The summed E-state index contributed by atoms with van der Waals surface area (Å²) in [6.45, 7) is 7.27. The van der Waals surface area contributed by atoms with Gasteiger partial charge in [-0.25, -0.2) is 4.79 Å². The van der Waals surface area contributed by atoms with Gasteiger partial charge in [0, 0.05) is 5.92 Å². The molecule has 0 fully saturated rings. The predicted molar refractivity (Wildman–Crippen MR) is 78.2 cm³/mol. The predicted octanol–water partition coefficient (Wildman–Crippen LogP) is 3.08. The van der Waals surface area contributed by atoms with Crippen LogP contribution in [0.25, 0.3) is 0 Å². The lowest BCUT2D eigenvalue weighted by Gasteiger charge is -2.16. The van der Waals surface area contributed by atoms with E-state index in [1.165, 1.54) is 0 Å². The highest BCUT2D eigenvalue weighted by atomic mass is 16.5. The molecule has 4 heteroatoms. The zero-order chi connectivity index (χ0) is 15.0. The van der Waals surface area contributed by atoms with Gasteiger partial charge in [0.1, 0.15) is 6.61 Å². The first-order chi connectivity index (χ1) is 9.54. The average molecular weight is 275 g/mol. The van der Waals surface area contributed by atoms with Crippen LogP contribution in [0.4, 0.5) is 4.79 Å². The second kappa shape index (κ2) is 8.15. The fourth-order valence-electron chi connectivity index (χ4n) is 1.81. The van der Waals surface area contributed by atoms with Gasteiger partial charge in [0.05, 0.1) is 6.04 Å². The number of ketones is 1. The number of carbonyl (C=O) groups excluding carboxylic acids is 2. The molecule has 0 saturated carbocycles. The lowest BCUT2D eigenvalue weighted by atomic mass is 9.98. The molecular weight excluding hydrogens is 254 g/mol. The van der Waals surface area contributed by atoms with Crippen LogP contribution < -0.4 is 5.32 Å². The molecule has 0 saturated heterocycles. The topological polar surface area (TPSA) is 55.4 Å². The quantitative estimate of drug-likeness (QED) is 0.778. The van der Waals surface area contributed by atoms with E-state index in [0.717, 1.165) is 5.56 Å². The Labute approximate surface area is 119 Å². The Morgan fingerprint density at radius 2 is 1.95 bits per heavy atom. The van der Waals surface area contributed by atoms with Crippen LogP contribution in [-0.2, 0) is 16.1 Å². The molecule has 2 atom stereocenters. The molecule has 0 aliphatic carbocycles. The Hall–Kier alpha value is -2.10. The molecule has 108 valence electrons. The average Bonchev–Trinajstić information content (AvgIpc) is 2.45. The standard InChI is InChI=1S/C16H21NO3/c1-4-8-12(2)15(18)13(3)17-16(19)20-11-14-9-6-5-7-10-14/h4-7,9-10,12-13H,1,8,11H2,2-3H3,(H,17,19). The first kappa shape index (κ1) is 16.0. The van der Waals surface area contributed by atoms with Gasteiger partial charge in [0.2, 0.25) is 0 Å². The number of carbonyl (C=O) groups is 2. The van der Waals surface area contributed by atoms with E-state index in [4.69, 9.17) is 4.74 Å². The third kappa shape index (κ3) is 5.26. The van der Waals surface area contributed by atoms with Crippen molar-refractivity contribution in [2.75, 3.05) is 0 Å². The number of nitrogens with one attached hydrogen (secondary N) is 1. The number of amides is 1. The van der Waals surface area contributed by atoms with Gasteiger partial charge in [-0.15, -0.1) is 6.58 Å². The molecular formula is C16H21NO3. The number of Topliss-reactive ketones (excluding diaryl/α,β-unsaturated/α-hetero) is 1. The zero-order valence-corrected chi connectivity index (χ0v) is 12.0. The fourth-order valence-corrected chi connectivity index (χ4v) is 1.81. The number of hydrogen-bond acceptors (Lipinski definition) is 3. The molecule has 0 heterocycles. The van der Waals surface area contributed by atoms with Crippen molar-refractivity contribution < 1.29 is 14.3 Å². The van der Waals surface area contributed by atoms with Gasteiger partial charge in [-0.1, -0.05) is 43.3 Å². The van der Waals surface area contributed by atoms with Crippen molar-refractivity contribution in [2.45, 2.75) is 32.9 Å². The number of rotatable bonds is 7. The van der Waals surface area contributed by atoms with Crippen LogP contribution in [0.15, 0.2) is 43.0 Å². The van der Waals surface area contributed by atoms with Gasteiger partial charge in [-0.3, -0.25) is 4.79 Å². The minimum atomic E-state index is -0.583. The molecule has 20 heavy (non-hydrogen) atoms. The van der Waals surface area contributed by atoms with Gasteiger partial charge in [-0.05, 0) is 18.9 Å². The molecule has 1 amide bonds. The number of ether oxygens (including phenoxy) is 1. The largest absolute Gasteiger partial charge is 0.445 e. The molecule has 0 bridgehead atoms. The lowest BCUT2D eigenvalue weighted by Crippen LogP contribution is -2.41. The van der Waals surface area contributed by atoms with Crippen molar-refractivity contribution in [3.8, 4) is 0 Å². The van der Waals surface area contributed by atoms with E-state index in [-0.39, 0.29) is 18.3 Å². The van der Waals surface area contributed by atoms with Gasteiger partial charge >= 0.3 is 6.09 Å². The van der Waals surface area contributed by atoms with E-state index >= 15 is 0 Å². The number of hydrogen-bond donors (Lipinski definition) is 1. The summed E-state index contributed by atoms with van der Waals surface area (Å²) in [4.78, 5) is 23.5. The molecule has 0 aromatic heterocycles. The number of allylic oxidation sites excluding steroid dienone is 1. The smallest absolute Gasteiger partial charge is 0.408 e. The maximum atomic E-state index is 11.9. The Morgan fingerprint density at radius 1 is 1.30 bits per heavy atom. The minimum absolute atomic E-state index is 0.0263.